The van der Waals surface area contributed by atoms with Crippen LogP contribution in [0.5, 0.6) is 11.5 Å². The van der Waals surface area contributed by atoms with Gasteiger partial charge in [-0.3, -0.25) is 9.69 Å². The van der Waals surface area contributed by atoms with Gasteiger partial charge in [-0.05, 0) is 48.4 Å². The van der Waals surface area contributed by atoms with E-state index in [-0.39, 0.29) is 34.8 Å². The van der Waals surface area contributed by atoms with Crippen molar-refractivity contribution in [2.24, 2.45) is 5.41 Å². The lowest BCUT2D eigenvalue weighted by Crippen LogP contribution is -2.39. The lowest BCUT2D eigenvalue weighted by Gasteiger charge is -2.38. The highest BCUT2D eigenvalue weighted by Crippen LogP contribution is 2.50. The molecule has 1 amide bonds. The third kappa shape index (κ3) is 5.36. The highest BCUT2D eigenvalue weighted by Gasteiger charge is 2.42. The van der Waals surface area contributed by atoms with Gasteiger partial charge in [-0.15, -0.1) is 0 Å². The number of nitrogens with zero attached hydrogens (tertiary/aromatic N) is 1. The lowest BCUT2D eigenvalue weighted by molar-refractivity contribution is -0.118. The molecule has 0 saturated heterocycles. The quantitative estimate of drug-likeness (QED) is 0.242. The zero-order valence-corrected chi connectivity index (χ0v) is 22.9. The second-order valence-corrected chi connectivity index (χ2v) is 11.0. The standard InChI is InChI=1S/C31H29ClF2N2O4/c1-4-12-39-20-10-11-21(23(34)15-20)29-30-24(16-31(2,3)17-40-30)35-28-25(6-5-7-26(28)37)36(29)27(38)13-18-8-9-19(33)14-22(18)32/h4-11,14-15,29,35,37H,1,12-13,16-17H2,2-3H3. The summed E-state index contributed by atoms with van der Waals surface area (Å²) in [7, 11) is 0. The minimum absolute atomic E-state index is 0.0837. The fourth-order valence-corrected chi connectivity index (χ4v) is 5.27. The van der Waals surface area contributed by atoms with Crippen molar-refractivity contribution in [3.8, 4) is 11.5 Å². The van der Waals surface area contributed by atoms with Crippen LogP contribution in [0.4, 0.5) is 20.2 Å². The molecule has 3 aromatic rings. The van der Waals surface area contributed by atoms with Crippen LogP contribution < -0.4 is 15.0 Å². The van der Waals surface area contributed by atoms with E-state index in [1.165, 1.54) is 29.2 Å². The minimum Gasteiger partial charge on any atom is -0.506 e. The number of rotatable bonds is 6. The maximum atomic E-state index is 15.9. The number of amides is 1. The SMILES string of the molecule is C=CCOc1ccc(C2C3=C(CC(C)(C)CO3)Nc3c(O)cccc3N2C(=O)Cc2ccc(F)cc2Cl)c(F)c1. The average Bonchev–Trinajstić information content (AvgIpc) is 3.03. The second kappa shape index (κ2) is 10.8. The molecule has 40 heavy (non-hydrogen) atoms. The van der Waals surface area contributed by atoms with Gasteiger partial charge in [-0.1, -0.05) is 50.2 Å². The largest absolute Gasteiger partial charge is 0.506 e. The molecule has 2 aliphatic heterocycles. The molecule has 1 unspecified atom stereocenters. The molecule has 3 aromatic carbocycles. The molecule has 0 bridgehead atoms. The monoisotopic (exact) mass is 566 g/mol. The molecule has 2 N–H and O–H groups in total. The van der Waals surface area contributed by atoms with Crippen LogP contribution in [-0.4, -0.2) is 24.2 Å². The summed E-state index contributed by atoms with van der Waals surface area (Å²) in [4.78, 5) is 15.6. The van der Waals surface area contributed by atoms with Crippen molar-refractivity contribution >= 4 is 28.9 Å². The Bertz CT molecular complexity index is 1520. The maximum Gasteiger partial charge on any atom is 0.232 e. The molecule has 2 aliphatic rings. The van der Waals surface area contributed by atoms with Gasteiger partial charge < -0.3 is 19.9 Å². The van der Waals surface area contributed by atoms with Crippen LogP contribution in [0, 0.1) is 17.0 Å². The van der Waals surface area contributed by atoms with Crippen LogP contribution in [0.3, 0.4) is 0 Å². The Morgan fingerprint density at radius 1 is 1.25 bits per heavy atom. The molecule has 9 heteroatoms. The van der Waals surface area contributed by atoms with E-state index in [1.54, 1.807) is 30.3 Å². The van der Waals surface area contributed by atoms with E-state index in [4.69, 9.17) is 21.1 Å². The van der Waals surface area contributed by atoms with Crippen molar-refractivity contribution < 1.29 is 28.2 Å². The van der Waals surface area contributed by atoms with E-state index in [0.29, 0.717) is 47.2 Å². The predicted molar refractivity (Wildman–Crippen MR) is 151 cm³/mol. The minimum atomic E-state index is -1.03. The van der Waals surface area contributed by atoms with Gasteiger partial charge in [-0.25, -0.2) is 8.78 Å². The smallest absolute Gasteiger partial charge is 0.232 e. The number of hydrogen-bond acceptors (Lipinski definition) is 5. The molecule has 0 aromatic heterocycles. The Balaban J connectivity index is 1.70. The van der Waals surface area contributed by atoms with E-state index in [2.05, 4.69) is 11.9 Å². The van der Waals surface area contributed by atoms with E-state index in [1.807, 2.05) is 13.8 Å². The van der Waals surface area contributed by atoms with E-state index in [0.717, 1.165) is 6.07 Å². The summed E-state index contributed by atoms with van der Waals surface area (Å²) < 4.78 is 41.4. The molecule has 0 radical (unpaired) electrons. The Morgan fingerprint density at radius 2 is 2.05 bits per heavy atom. The fourth-order valence-electron chi connectivity index (χ4n) is 5.04. The highest BCUT2D eigenvalue weighted by molar-refractivity contribution is 6.31. The third-order valence-corrected chi connectivity index (χ3v) is 7.25. The van der Waals surface area contributed by atoms with Crippen LogP contribution in [0.15, 0.2) is 78.7 Å². The number of anilines is 2. The summed E-state index contributed by atoms with van der Waals surface area (Å²) in [5, 5.41) is 14.3. The summed E-state index contributed by atoms with van der Waals surface area (Å²) in [6, 6.07) is 12.0. The van der Waals surface area contributed by atoms with Gasteiger partial charge in [0.05, 0.1) is 24.4 Å². The topological polar surface area (TPSA) is 71.0 Å². The Morgan fingerprint density at radius 3 is 2.77 bits per heavy atom. The molecular weight excluding hydrogens is 538 g/mol. The van der Waals surface area contributed by atoms with Gasteiger partial charge in [0.15, 0.2) is 0 Å². The van der Waals surface area contributed by atoms with Crippen molar-refractivity contribution in [3.05, 3.63) is 106 Å². The zero-order valence-electron chi connectivity index (χ0n) is 22.1. The molecule has 2 heterocycles. The number of nitrogens with one attached hydrogen (secondary N) is 1. The van der Waals surface area contributed by atoms with Gasteiger partial charge in [0, 0.05) is 22.1 Å². The number of phenolic OH excluding ortho intramolecular Hbond substituents is 1. The third-order valence-electron chi connectivity index (χ3n) is 6.89. The summed E-state index contributed by atoms with van der Waals surface area (Å²) in [6.45, 7) is 8.23. The van der Waals surface area contributed by atoms with Crippen LogP contribution >= 0.6 is 11.6 Å². The highest BCUT2D eigenvalue weighted by atomic mass is 35.5. The van der Waals surface area contributed by atoms with E-state index in [9.17, 15) is 14.3 Å². The molecule has 0 spiro atoms. The van der Waals surface area contributed by atoms with Gasteiger partial charge in [0.25, 0.3) is 0 Å². The summed E-state index contributed by atoms with van der Waals surface area (Å²) in [5.41, 5.74) is 1.57. The number of halogens is 3. The lowest BCUT2D eigenvalue weighted by atomic mass is 9.85. The number of hydrogen-bond donors (Lipinski definition) is 2. The Hall–Kier alpha value is -4.04. The molecule has 0 fully saturated rings. The molecular formula is C31H29ClF2N2O4. The van der Waals surface area contributed by atoms with Gasteiger partial charge in [0.2, 0.25) is 5.91 Å². The number of allylic oxidation sites excluding steroid dienone is 1. The number of phenols is 1. The van der Waals surface area contributed by atoms with Crippen LogP contribution in [0.1, 0.15) is 37.4 Å². The summed E-state index contributed by atoms with van der Waals surface area (Å²) >= 11 is 6.27. The number of benzene rings is 3. The molecule has 208 valence electrons. The first-order valence-corrected chi connectivity index (χ1v) is 13.2. The van der Waals surface area contributed by atoms with Gasteiger partial charge in [0.1, 0.15) is 47.2 Å². The van der Waals surface area contributed by atoms with Crippen LogP contribution in [0.25, 0.3) is 0 Å². The van der Waals surface area contributed by atoms with Crippen molar-refractivity contribution in [2.75, 3.05) is 23.4 Å². The second-order valence-electron chi connectivity index (χ2n) is 10.6. The molecule has 0 aliphatic carbocycles. The van der Waals surface area contributed by atoms with Crippen LogP contribution in [-0.2, 0) is 16.0 Å². The summed E-state index contributed by atoms with van der Waals surface area (Å²) in [6.07, 6.45) is 1.88. The van der Waals surface area contributed by atoms with Crippen molar-refractivity contribution in [3.63, 3.8) is 0 Å². The Kier molecular flexibility index (Phi) is 7.47. The molecule has 1 atom stereocenters. The van der Waals surface area contributed by atoms with Gasteiger partial charge >= 0.3 is 0 Å². The number of ether oxygens (including phenoxy) is 2. The number of fused-ring (bicyclic) bond motifs is 1. The number of aromatic hydroxyl groups is 1. The van der Waals surface area contributed by atoms with Crippen molar-refractivity contribution in [1.82, 2.24) is 0 Å². The Labute approximate surface area is 236 Å². The van der Waals surface area contributed by atoms with Crippen molar-refractivity contribution in [1.29, 1.82) is 0 Å². The van der Waals surface area contributed by atoms with E-state index >= 15 is 4.39 Å². The average molecular weight is 567 g/mol. The van der Waals surface area contributed by atoms with Gasteiger partial charge in [-0.2, -0.15) is 0 Å². The van der Waals surface area contributed by atoms with Crippen molar-refractivity contribution in [2.45, 2.75) is 32.7 Å². The number of para-hydroxylation sites is 1. The molecule has 0 saturated carbocycles. The first-order valence-electron chi connectivity index (χ1n) is 12.8. The fraction of sp³-hybridized carbons (Fsp3) is 0.258. The summed E-state index contributed by atoms with van der Waals surface area (Å²) in [5.74, 6) is -0.996. The zero-order chi connectivity index (χ0) is 28.6. The molecule has 6 nitrogen and oxygen atoms in total. The predicted octanol–water partition coefficient (Wildman–Crippen LogP) is 7.29. The number of carbonyl (C=O) groups excluding carboxylic acids is 1. The first-order chi connectivity index (χ1) is 19.1. The normalized spacial score (nSPS) is 17.6. The maximum absolute atomic E-state index is 15.9. The van der Waals surface area contributed by atoms with Crippen LogP contribution in [0.2, 0.25) is 5.02 Å². The molecule has 5 rings (SSSR count). The van der Waals surface area contributed by atoms with E-state index < -0.39 is 23.6 Å². The first kappa shape index (κ1) is 27.5. The number of carbonyl (C=O) groups is 1.